The van der Waals surface area contributed by atoms with Crippen LogP contribution in [0.2, 0.25) is 0 Å². The molecule has 0 aliphatic carbocycles. The van der Waals surface area contributed by atoms with Crippen molar-refractivity contribution in [3.05, 3.63) is 119 Å². The maximum Gasteiger partial charge on any atom is 0.166 e. The number of aryl methyl sites for hydroxylation is 4. The fourth-order valence-electron chi connectivity index (χ4n) is 4.27. The summed E-state index contributed by atoms with van der Waals surface area (Å²) in [5, 5.41) is 0. The Morgan fingerprint density at radius 1 is 0.529 bits per heavy atom. The zero-order valence-corrected chi connectivity index (χ0v) is 19.7. The van der Waals surface area contributed by atoms with E-state index in [4.69, 9.17) is 0 Å². The summed E-state index contributed by atoms with van der Waals surface area (Å²) in [7, 11) is 0. The lowest BCUT2D eigenvalue weighted by molar-refractivity contribution is 0.501. The summed E-state index contributed by atoms with van der Waals surface area (Å²) >= 11 is 0. The lowest BCUT2D eigenvalue weighted by Crippen LogP contribution is -2.00. The van der Waals surface area contributed by atoms with Crippen LogP contribution in [0, 0.1) is 17.5 Å². The van der Waals surface area contributed by atoms with Gasteiger partial charge in [-0.15, -0.1) is 0 Å². The van der Waals surface area contributed by atoms with Gasteiger partial charge in [0.2, 0.25) is 0 Å². The van der Waals surface area contributed by atoms with E-state index in [1.807, 2.05) is 67.6 Å². The van der Waals surface area contributed by atoms with Crippen molar-refractivity contribution < 1.29 is 13.2 Å². The molecule has 0 aromatic heterocycles. The molecule has 0 atom stereocenters. The Kier molecular flexibility index (Phi) is 7.52. The second-order valence-corrected chi connectivity index (χ2v) is 8.70. The van der Waals surface area contributed by atoms with Crippen LogP contribution >= 0.6 is 0 Å². The van der Waals surface area contributed by atoms with E-state index in [-0.39, 0.29) is 11.4 Å². The molecule has 4 aromatic rings. The third kappa shape index (κ3) is 5.25. The molecular formula is C31H29F3. The SMILES string of the molecule is CCCc1ccc(-c2ccc(CCc3ccc(-c4ccc(CC)cc4)c(F)c3F)cc2)cc1F. The van der Waals surface area contributed by atoms with Gasteiger partial charge in [0.15, 0.2) is 11.6 Å². The third-order valence-corrected chi connectivity index (χ3v) is 6.38. The minimum Gasteiger partial charge on any atom is -0.207 e. The van der Waals surface area contributed by atoms with Crippen molar-refractivity contribution in [1.29, 1.82) is 0 Å². The Bertz CT molecular complexity index is 1260. The van der Waals surface area contributed by atoms with E-state index in [9.17, 15) is 13.2 Å². The molecule has 0 amide bonds. The predicted molar refractivity (Wildman–Crippen MR) is 134 cm³/mol. The van der Waals surface area contributed by atoms with E-state index in [1.54, 1.807) is 18.2 Å². The van der Waals surface area contributed by atoms with Crippen LogP contribution in [-0.2, 0) is 25.7 Å². The highest BCUT2D eigenvalue weighted by Crippen LogP contribution is 2.28. The number of rotatable bonds is 8. The molecule has 0 radical (unpaired) electrons. The van der Waals surface area contributed by atoms with Gasteiger partial charge in [-0.1, -0.05) is 93.1 Å². The Morgan fingerprint density at radius 2 is 1.15 bits per heavy atom. The standard InChI is InChI=1S/C31H29F3/c1-3-5-25-16-17-27(20-29(25)32)23-11-8-22(9-12-23)10-15-26-18-19-28(31(34)30(26)33)24-13-6-21(4-2)7-14-24/h6-9,11-14,16-20H,3-5,10,15H2,1-2H3. The fraction of sp³-hybridized carbons (Fsp3) is 0.226. The van der Waals surface area contributed by atoms with Gasteiger partial charge in [0.25, 0.3) is 0 Å². The highest BCUT2D eigenvalue weighted by molar-refractivity contribution is 5.65. The topological polar surface area (TPSA) is 0 Å². The van der Waals surface area contributed by atoms with Gasteiger partial charge in [0, 0.05) is 5.56 Å². The molecule has 0 saturated carbocycles. The van der Waals surface area contributed by atoms with E-state index < -0.39 is 11.6 Å². The van der Waals surface area contributed by atoms with Crippen molar-refractivity contribution in [2.24, 2.45) is 0 Å². The second kappa shape index (κ2) is 10.7. The average Bonchev–Trinajstić information content (AvgIpc) is 2.87. The first-order valence-electron chi connectivity index (χ1n) is 11.9. The third-order valence-electron chi connectivity index (χ3n) is 6.38. The maximum absolute atomic E-state index is 14.8. The average molecular weight is 459 g/mol. The summed E-state index contributed by atoms with van der Waals surface area (Å²) in [4.78, 5) is 0. The van der Waals surface area contributed by atoms with E-state index in [1.165, 1.54) is 0 Å². The second-order valence-electron chi connectivity index (χ2n) is 8.70. The minimum atomic E-state index is -0.800. The lowest BCUT2D eigenvalue weighted by atomic mass is 9.97. The largest absolute Gasteiger partial charge is 0.207 e. The summed E-state index contributed by atoms with van der Waals surface area (Å²) in [6, 6.07) is 24.1. The van der Waals surface area contributed by atoms with Crippen LogP contribution in [0.1, 0.15) is 42.5 Å². The zero-order valence-electron chi connectivity index (χ0n) is 19.7. The van der Waals surface area contributed by atoms with Crippen LogP contribution in [0.4, 0.5) is 13.2 Å². The monoisotopic (exact) mass is 458 g/mol. The lowest BCUT2D eigenvalue weighted by Gasteiger charge is -2.10. The highest BCUT2D eigenvalue weighted by Gasteiger charge is 2.15. The van der Waals surface area contributed by atoms with Crippen molar-refractivity contribution in [2.75, 3.05) is 0 Å². The highest BCUT2D eigenvalue weighted by atomic mass is 19.2. The first-order chi connectivity index (χ1) is 16.5. The van der Waals surface area contributed by atoms with Gasteiger partial charge in [-0.3, -0.25) is 0 Å². The minimum absolute atomic E-state index is 0.175. The van der Waals surface area contributed by atoms with Gasteiger partial charge in [0.1, 0.15) is 5.82 Å². The molecule has 0 aliphatic heterocycles. The molecule has 0 spiro atoms. The zero-order chi connectivity index (χ0) is 24.1. The summed E-state index contributed by atoms with van der Waals surface area (Å²) in [6.45, 7) is 4.09. The molecule has 4 rings (SSSR count). The molecular weight excluding hydrogens is 429 g/mol. The van der Waals surface area contributed by atoms with Crippen molar-refractivity contribution in [1.82, 2.24) is 0 Å². The maximum atomic E-state index is 14.8. The van der Waals surface area contributed by atoms with Crippen LogP contribution in [0.3, 0.4) is 0 Å². The van der Waals surface area contributed by atoms with Crippen LogP contribution in [-0.4, -0.2) is 0 Å². The summed E-state index contributed by atoms with van der Waals surface area (Å²) in [5.74, 6) is -1.76. The van der Waals surface area contributed by atoms with Gasteiger partial charge >= 0.3 is 0 Å². The molecule has 0 N–H and O–H groups in total. The summed E-state index contributed by atoms with van der Waals surface area (Å²) in [5.41, 5.74) is 6.00. The molecule has 0 saturated heterocycles. The number of hydrogen-bond acceptors (Lipinski definition) is 0. The van der Waals surface area contributed by atoms with Crippen LogP contribution in [0.5, 0.6) is 0 Å². The molecule has 174 valence electrons. The molecule has 0 heterocycles. The Labute approximate surface area is 200 Å². The molecule has 34 heavy (non-hydrogen) atoms. The van der Waals surface area contributed by atoms with Crippen LogP contribution in [0.15, 0.2) is 78.9 Å². The molecule has 0 fully saturated rings. The Morgan fingerprint density at radius 3 is 1.79 bits per heavy atom. The Balaban J connectivity index is 1.45. The van der Waals surface area contributed by atoms with Gasteiger partial charge in [-0.05, 0) is 70.7 Å². The summed E-state index contributed by atoms with van der Waals surface area (Å²) in [6.07, 6.45) is 3.53. The molecule has 0 unspecified atom stereocenters. The molecule has 0 nitrogen and oxygen atoms in total. The molecule has 0 bridgehead atoms. The Hall–Kier alpha value is -3.33. The normalized spacial score (nSPS) is 11.1. The smallest absolute Gasteiger partial charge is 0.166 e. The summed E-state index contributed by atoms with van der Waals surface area (Å²) < 4.78 is 43.9. The van der Waals surface area contributed by atoms with E-state index in [2.05, 4.69) is 6.92 Å². The first kappa shape index (κ1) is 23.8. The first-order valence-corrected chi connectivity index (χ1v) is 11.9. The van der Waals surface area contributed by atoms with Crippen molar-refractivity contribution in [2.45, 2.75) is 46.0 Å². The van der Waals surface area contributed by atoms with Crippen molar-refractivity contribution in [3.8, 4) is 22.3 Å². The van der Waals surface area contributed by atoms with E-state index >= 15 is 0 Å². The van der Waals surface area contributed by atoms with Crippen LogP contribution in [0.25, 0.3) is 22.3 Å². The van der Waals surface area contributed by atoms with Crippen molar-refractivity contribution >= 4 is 0 Å². The van der Waals surface area contributed by atoms with Gasteiger partial charge in [-0.2, -0.15) is 0 Å². The molecule has 0 aliphatic rings. The van der Waals surface area contributed by atoms with Crippen LogP contribution < -0.4 is 0 Å². The van der Waals surface area contributed by atoms with E-state index in [0.717, 1.165) is 47.1 Å². The number of hydrogen-bond donors (Lipinski definition) is 0. The van der Waals surface area contributed by atoms with E-state index in [0.29, 0.717) is 24.0 Å². The molecule has 3 heteroatoms. The van der Waals surface area contributed by atoms with Gasteiger partial charge in [0.05, 0.1) is 0 Å². The van der Waals surface area contributed by atoms with Crippen molar-refractivity contribution in [3.63, 3.8) is 0 Å². The van der Waals surface area contributed by atoms with Gasteiger partial charge in [-0.25, -0.2) is 13.2 Å². The molecule has 4 aromatic carbocycles. The number of halogens is 3. The fourth-order valence-corrected chi connectivity index (χ4v) is 4.27. The predicted octanol–water partition coefficient (Wildman–Crippen LogP) is 8.74. The van der Waals surface area contributed by atoms with Gasteiger partial charge < -0.3 is 0 Å². The number of benzene rings is 4. The quantitative estimate of drug-likeness (QED) is 0.248.